The highest BCUT2D eigenvalue weighted by Gasteiger charge is 2.59. The highest BCUT2D eigenvalue weighted by atomic mass is 31.2. The molecule has 0 aliphatic carbocycles. The molecule has 14 nitrogen and oxygen atoms in total. The third kappa shape index (κ3) is 8.48. The maximum Gasteiger partial charge on any atom is 0.477 e. The average molecular weight is 517 g/mol. The predicted molar refractivity (Wildman–Crippen MR) is 114 cm³/mol. The van der Waals surface area contributed by atoms with Gasteiger partial charge in [0.2, 0.25) is 5.91 Å². The molecule has 1 aliphatic rings. The third-order valence-electron chi connectivity index (χ3n) is 5.04. The van der Waals surface area contributed by atoms with Crippen molar-refractivity contribution in [3.05, 3.63) is 0 Å². The van der Waals surface area contributed by atoms with Crippen LogP contribution in [0.1, 0.15) is 46.0 Å². The van der Waals surface area contributed by atoms with E-state index in [1.807, 2.05) is 13.8 Å². The summed E-state index contributed by atoms with van der Waals surface area (Å²) in [5.41, 5.74) is 0. The number of hydrogen-bond acceptors (Lipinski definition) is 12. The number of aliphatic hydroxyl groups excluding tert-OH is 5. The Morgan fingerprint density at radius 2 is 1.71 bits per heavy atom. The first-order valence-electron chi connectivity index (χ1n) is 11.1. The first-order valence-corrected chi connectivity index (χ1v) is 12.5. The molecule has 1 fully saturated rings. The number of aliphatic hydroxyl groups is 5. The lowest BCUT2D eigenvalue weighted by Gasteiger charge is -2.46. The lowest BCUT2D eigenvalue weighted by molar-refractivity contribution is -0.289. The molecule has 0 aromatic heterocycles. The van der Waals surface area contributed by atoms with Crippen LogP contribution in [0.2, 0.25) is 0 Å². The van der Waals surface area contributed by atoms with Crippen LogP contribution in [0.3, 0.4) is 0 Å². The number of phosphoric acid groups is 1. The van der Waals surface area contributed by atoms with Gasteiger partial charge in [-0.05, 0) is 12.8 Å². The van der Waals surface area contributed by atoms with Gasteiger partial charge in [-0.2, -0.15) is 0 Å². The van der Waals surface area contributed by atoms with Crippen LogP contribution in [0.5, 0.6) is 0 Å². The van der Waals surface area contributed by atoms with Crippen LogP contribution in [0, 0.1) is 0 Å². The zero-order valence-electron chi connectivity index (χ0n) is 19.2. The van der Waals surface area contributed by atoms with Gasteiger partial charge in [0.1, 0.15) is 24.9 Å². The van der Waals surface area contributed by atoms with Gasteiger partial charge in [-0.1, -0.05) is 26.7 Å². The van der Waals surface area contributed by atoms with Crippen LogP contribution < -0.4 is 5.32 Å². The molecule has 7 N–H and O–H groups in total. The fourth-order valence-corrected chi connectivity index (χ4v) is 4.57. The summed E-state index contributed by atoms with van der Waals surface area (Å²) in [6.45, 7) is 1.51. The van der Waals surface area contributed by atoms with Gasteiger partial charge < -0.3 is 40.7 Å². The number of nitrogens with one attached hydrogen (secondary N) is 1. The van der Waals surface area contributed by atoms with E-state index in [9.17, 15) is 39.7 Å². The van der Waals surface area contributed by atoms with Crippen LogP contribution in [0.25, 0.3) is 0 Å². The first-order chi connectivity index (χ1) is 16.0. The van der Waals surface area contributed by atoms with E-state index >= 15 is 0 Å². The van der Waals surface area contributed by atoms with Gasteiger partial charge in [0.05, 0.1) is 32.0 Å². The van der Waals surface area contributed by atoms with Crippen molar-refractivity contribution in [2.75, 3.05) is 26.4 Å². The SMILES string of the molecule is CCCCOP(=O)(OCCCC)O[C@]1(C(=O)O)C[C@H](O)[C@@H](NC(=O)CO)[C@H]([C@H](O)[C@H](O)CO)O1. The van der Waals surface area contributed by atoms with Crippen molar-refractivity contribution >= 4 is 19.7 Å². The minimum atomic E-state index is -4.57. The number of phosphoric ester groups is 1. The molecule has 0 radical (unpaired) electrons. The molecule has 1 amide bonds. The van der Waals surface area contributed by atoms with E-state index in [1.54, 1.807) is 0 Å². The minimum absolute atomic E-state index is 0.0946. The maximum atomic E-state index is 13.3. The van der Waals surface area contributed by atoms with E-state index < -0.39 is 75.6 Å². The second-order valence-corrected chi connectivity index (χ2v) is 9.41. The summed E-state index contributed by atoms with van der Waals surface area (Å²) in [6.07, 6.45) is -6.24. The zero-order valence-corrected chi connectivity index (χ0v) is 20.1. The number of carbonyl (C=O) groups is 2. The molecule has 1 rings (SSSR count). The van der Waals surface area contributed by atoms with Crippen molar-refractivity contribution in [1.29, 1.82) is 0 Å². The van der Waals surface area contributed by atoms with Gasteiger partial charge in [-0.25, -0.2) is 13.9 Å². The number of rotatable bonds is 16. The Hall–Kier alpha value is -1.19. The Morgan fingerprint density at radius 1 is 1.15 bits per heavy atom. The summed E-state index contributed by atoms with van der Waals surface area (Å²) >= 11 is 0. The highest BCUT2D eigenvalue weighted by Crippen LogP contribution is 2.55. The summed E-state index contributed by atoms with van der Waals surface area (Å²) < 4.78 is 34.4. The molecule has 1 saturated heterocycles. The largest absolute Gasteiger partial charge is 0.477 e. The van der Waals surface area contributed by atoms with Gasteiger partial charge in [-0.15, -0.1) is 0 Å². The molecule has 34 heavy (non-hydrogen) atoms. The van der Waals surface area contributed by atoms with E-state index in [0.717, 1.165) is 0 Å². The lowest BCUT2D eigenvalue weighted by Crippen LogP contribution is -2.68. The van der Waals surface area contributed by atoms with Crippen LogP contribution in [-0.2, 0) is 32.5 Å². The topological polar surface area (TPSA) is 222 Å². The molecule has 0 aromatic carbocycles. The van der Waals surface area contributed by atoms with Crippen LogP contribution >= 0.6 is 7.82 Å². The third-order valence-corrected chi connectivity index (χ3v) is 6.56. The van der Waals surface area contributed by atoms with Crippen molar-refractivity contribution in [1.82, 2.24) is 5.32 Å². The molecular weight excluding hydrogens is 481 g/mol. The number of amides is 1. The van der Waals surface area contributed by atoms with Crippen molar-refractivity contribution in [3.8, 4) is 0 Å². The second-order valence-electron chi connectivity index (χ2n) is 7.82. The number of unbranched alkanes of at least 4 members (excludes halogenated alkanes) is 2. The van der Waals surface area contributed by atoms with Crippen LogP contribution in [-0.4, -0.2) is 105 Å². The minimum Gasteiger partial charge on any atom is -0.477 e. The Balaban J connectivity index is 3.35. The highest BCUT2D eigenvalue weighted by molar-refractivity contribution is 7.48. The normalized spacial score (nSPS) is 27.2. The molecule has 6 atom stereocenters. The standard InChI is InChI=1S/C19H36NO13P/c1-3-5-7-30-34(29,31-8-6-4-2)33-19(18(27)28)9-12(23)15(20-14(25)11-22)17(32-19)16(26)13(24)10-21/h12-13,15-17,21-24,26H,3-11H2,1-2H3,(H,20,25)(H,27,28)/t12-,13+,15+,16+,17+,19-/m0/s1. The van der Waals surface area contributed by atoms with Crippen molar-refractivity contribution in [3.63, 3.8) is 0 Å². The molecule has 0 spiro atoms. The Kier molecular flexibility index (Phi) is 13.1. The van der Waals surface area contributed by atoms with Crippen LogP contribution in [0.15, 0.2) is 0 Å². The van der Waals surface area contributed by atoms with E-state index in [4.69, 9.17) is 23.4 Å². The number of carboxylic acids is 1. The molecule has 0 unspecified atom stereocenters. The first kappa shape index (κ1) is 30.8. The molecule has 0 bridgehead atoms. The van der Waals surface area contributed by atoms with Gasteiger partial charge in [0.15, 0.2) is 0 Å². The molecule has 1 aliphatic heterocycles. The van der Waals surface area contributed by atoms with Gasteiger partial charge in [0.25, 0.3) is 5.79 Å². The quantitative estimate of drug-likeness (QED) is 0.0952. The van der Waals surface area contributed by atoms with Crippen LogP contribution in [0.4, 0.5) is 0 Å². The van der Waals surface area contributed by atoms with Gasteiger partial charge in [-0.3, -0.25) is 13.8 Å². The smallest absolute Gasteiger partial charge is 0.477 e. The number of aliphatic carboxylic acids is 1. The fraction of sp³-hybridized carbons (Fsp3) is 0.895. The second kappa shape index (κ2) is 14.4. The number of hydrogen-bond donors (Lipinski definition) is 7. The Labute approximate surface area is 197 Å². The van der Waals surface area contributed by atoms with Crippen molar-refractivity contribution in [2.24, 2.45) is 0 Å². The number of carboxylic acid groups (broad SMARTS) is 1. The molecule has 200 valence electrons. The monoisotopic (exact) mass is 517 g/mol. The fourth-order valence-electron chi connectivity index (χ4n) is 3.13. The Morgan fingerprint density at radius 3 is 2.15 bits per heavy atom. The lowest BCUT2D eigenvalue weighted by atomic mass is 9.88. The van der Waals surface area contributed by atoms with E-state index in [0.29, 0.717) is 25.7 Å². The van der Waals surface area contributed by atoms with Gasteiger partial charge >= 0.3 is 13.8 Å². The van der Waals surface area contributed by atoms with Crippen molar-refractivity contribution in [2.45, 2.75) is 82.2 Å². The van der Waals surface area contributed by atoms with Gasteiger partial charge in [0, 0.05) is 6.42 Å². The Bertz CT molecular complexity index is 681. The zero-order chi connectivity index (χ0) is 25.9. The van der Waals surface area contributed by atoms with Crippen molar-refractivity contribution < 1.29 is 63.1 Å². The molecule has 15 heteroatoms. The van der Waals surface area contributed by atoms with E-state index in [1.165, 1.54) is 0 Å². The summed E-state index contributed by atoms with van der Waals surface area (Å²) in [7, 11) is -4.57. The predicted octanol–water partition coefficient (Wildman–Crippen LogP) is -1.13. The average Bonchev–Trinajstić information content (AvgIpc) is 2.79. The molecule has 0 saturated carbocycles. The summed E-state index contributed by atoms with van der Waals surface area (Å²) in [4.78, 5) is 23.9. The number of ether oxygens (including phenoxy) is 1. The molecule has 1 heterocycles. The van der Waals surface area contributed by atoms with E-state index in [2.05, 4.69) is 5.32 Å². The molecular formula is C19H36NO13P. The summed E-state index contributed by atoms with van der Waals surface area (Å²) in [5.74, 6) is -5.73. The summed E-state index contributed by atoms with van der Waals surface area (Å²) in [5, 5.41) is 61.2. The summed E-state index contributed by atoms with van der Waals surface area (Å²) in [6, 6.07) is -1.53. The number of carbonyl (C=O) groups excluding carboxylic acids is 1. The maximum absolute atomic E-state index is 13.3. The molecule has 0 aromatic rings. The van der Waals surface area contributed by atoms with E-state index in [-0.39, 0.29) is 13.2 Å².